The first-order valence-electron chi connectivity index (χ1n) is 21.8. The van der Waals surface area contributed by atoms with Gasteiger partial charge < -0.3 is 29.3 Å². The first-order valence-corrected chi connectivity index (χ1v) is 21.8. The molecule has 3 rings (SSSR count). The highest BCUT2D eigenvalue weighted by Gasteiger charge is 2.48. The molecule has 0 spiro atoms. The van der Waals surface area contributed by atoms with Gasteiger partial charge in [0, 0.05) is 53.2 Å². The lowest BCUT2D eigenvalue weighted by Crippen LogP contribution is -2.59. The summed E-state index contributed by atoms with van der Waals surface area (Å²) in [6, 6.07) is -0.738. The number of methoxy groups -OCH3 is 2. The topological polar surface area (TPSA) is 135 Å². The van der Waals surface area contributed by atoms with Crippen LogP contribution in [0.4, 0.5) is 4.79 Å². The fourth-order valence-corrected chi connectivity index (χ4v) is 8.94. The molecule has 2 fully saturated rings. The van der Waals surface area contributed by atoms with E-state index < -0.39 is 47.3 Å². The van der Waals surface area contributed by atoms with Crippen LogP contribution in [-0.2, 0) is 33.4 Å². The Morgan fingerprint density at radius 3 is 2.14 bits per heavy atom. The second kappa shape index (κ2) is 22.2. The van der Waals surface area contributed by atoms with Crippen molar-refractivity contribution in [2.45, 2.75) is 156 Å². The van der Waals surface area contributed by atoms with Crippen molar-refractivity contribution < 1.29 is 38.2 Å². The van der Waals surface area contributed by atoms with Crippen molar-refractivity contribution >= 4 is 29.6 Å². The lowest BCUT2D eigenvalue weighted by atomic mass is 9.78. The van der Waals surface area contributed by atoms with E-state index in [4.69, 9.17) is 14.2 Å². The number of carbonyl (C=O) groups excluding carboxylic acids is 5. The first kappa shape index (κ1) is 48.9. The number of hydrogen-bond donors (Lipinski definition) is 1. The fraction of sp³-hybridized carbons (Fsp3) is 0.761. The summed E-state index contributed by atoms with van der Waals surface area (Å²) in [6.07, 6.45) is 15.7. The highest BCUT2D eigenvalue weighted by Crippen LogP contribution is 2.35. The number of hydrogen-bond acceptors (Lipinski definition) is 8. The van der Waals surface area contributed by atoms with Crippen LogP contribution < -0.4 is 5.32 Å². The maximum atomic E-state index is 14.6. The number of ketones is 1. The summed E-state index contributed by atoms with van der Waals surface area (Å²) in [4.78, 5) is 74.9. The fourth-order valence-electron chi connectivity index (χ4n) is 8.94. The van der Waals surface area contributed by atoms with Gasteiger partial charge in [0.2, 0.25) is 17.7 Å². The molecule has 2 heterocycles. The minimum atomic E-state index is -1.09. The molecule has 12 heteroatoms. The summed E-state index contributed by atoms with van der Waals surface area (Å²) in [5.74, 6) is -1.64. The van der Waals surface area contributed by atoms with Crippen LogP contribution in [0.3, 0.4) is 0 Å². The van der Waals surface area contributed by atoms with Gasteiger partial charge in [-0.05, 0) is 84.0 Å². The number of likely N-dealkylation sites (tertiary alicyclic amines) is 2. The van der Waals surface area contributed by atoms with E-state index in [1.54, 1.807) is 38.0 Å². The van der Waals surface area contributed by atoms with Crippen LogP contribution in [0.1, 0.15) is 120 Å². The molecule has 1 N–H and O–H groups in total. The van der Waals surface area contributed by atoms with Crippen molar-refractivity contribution in [2.75, 3.05) is 40.9 Å². The van der Waals surface area contributed by atoms with Crippen LogP contribution in [0, 0.1) is 29.6 Å². The average molecular weight is 813 g/mol. The molecule has 2 aliphatic heterocycles. The zero-order valence-electron chi connectivity index (χ0n) is 37.8. The highest BCUT2D eigenvalue weighted by molar-refractivity contribution is 5.95. The molecule has 0 bridgehead atoms. The molecule has 58 heavy (non-hydrogen) atoms. The Labute approximate surface area is 349 Å². The number of ether oxygens (including phenoxy) is 3. The summed E-state index contributed by atoms with van der Waals surface area (Å²) in [5.41, 5.74) is -1.80. The van der Waals surface area contributed by atoms with Crippen LogP contribution in [-0.4, -0.2) is 121 Å². The summed E-state index contributed by atoms with van der Waals surface area (Å²) in [5, 5.41) is 3.08. The van der Waals surface area contributed by atoms with Gasteiger partial charge in [-0.2, -0.15) is 0 Å². The molecule has 0 saturated carbocycles. The van der Waals surface area contributed by atoms with Crippen molar-refractivity contribution in [2.24, 2.45) is 29.6 Å². The largest absolute Gasteiger partial charge is 0.444 e. The molecular weight excluding hydrogens is 737 g/mol. The summed E-state index contributed by atoms with van der Waals surface area (Å²) in [7, 11) is 4.93. The smallest absolute Gasteiger partial charge is 0.411 e. The number of amides is 4. The number of allylic oxidation sites excluding steroid dienone is 6. The van der Waals surface area contributed by atoms with E-state index in [1.807, 2.05) is 70.7 Å². The average Bonchev–Trinajstić information content (AvgIpc) is 3.51. The van der Waals surface area contributed by atoms with Crippen LogP contribution in [0.5, 0.6) is 0 Å². The molecule has 8 atom stereocenters. The van der Waals surface area contributed by atoms with Gasteiger partial charge in [-0.15, -0.1) is 0 Å². The van der Waals surface area contributed by atoms with Gasteiger partial charge in [0.25, 0.3) is 0 Å². The van der Waals surface area contributed by atoms with E-state index in [0.29, 0.717) is 32.5 Å². The van der Waals surface area contributed by atoms with Gasteiger partial charge >= 0.3 is 6.09 Å². The predicted molar refractivity (Wildman–Crippen MR) is 228 cm³/mol. The molecule has 3 aliphatic rings. The van der Waals surface area contributed by atoms with Crippen LogP contribution >= 0.6 is 0 Å². The van der Waals surface area contributed by atoms with Crippen LogP contribution in [0.25, 0.3) is 0 Å². The maximum absolute atomic E-state index is 14.6. The van der Waals surface area contributed by atoms with Crippen molar-refractivity contribution in [3.05, 3.63) is 36.5 Å². The molecule has 0 aromatic heterocycles. The van der Waals surface area contributed by atoms with E-state index >= 15 is 0 Å². The van der Waals surface area contributed by atoms with Gasteiger partial charge in [0.05, 0.1) is 36.6 Å². The molecule has 0 radical (unpaired) electrons. The first-order chi connectivity index (χ1) is 27.3. The van der Waals surface area contributed by atoms with Crippen LogP contribution in [0.2, 0.25) is 0 Å². The number of likely N-dealkylation sites (N-methyl/N-ethyl adjacent to an activating group) is 1. The van der Waals surface area contributed by atoms with Crippen molar-refractivity contribution in [1.29, 1.82) is 0 Å². The Kier molecular flexibility index (Phi) is 18.7. The van der Waals surface area contributed by atoms with Crippen molar-refractivity contribution in [1.82, 2.24) is 20.0 Å². The molecule has 0 aromatic carbocycles. The number of rotatable bonds is 19. The summed E-state index contributed by atoms with van der Waals surface area (Å²) in [6.45, 7) is 18.6. The van der Waals surface area contributed by atoms with Gasteiger partial charge in [-0.3, -0.25) is 24.1 Å². The number of nitrogens with one attached hydrogen (secondary N) is 1. The third-order valence-electron chi connectivity index (χ3n) is 12.7. The lowest BCUT2D eigenvalue weighted by molar-refractivity contribution is -0.150. The molecule has 1 aliphatic carbocycles. The number of carbonyl (C=O) groups is 5. The Bertz CT molecular complexity index is 1470. The number of nitrogens with zero attached hydrogens (tertiary/aromatic N) is 3. The second-order valence-electron chi connectivity index (χ2n) is 18.3. The van der Waals surface area contributed by atoms with E-state index in [9.17, 15) is 24.0 Å². The monoisotopic (exact) mass is 813 g/mol. The molecule has 0 aromatic rings. The quantitative estimate of drug-likeness (QED) is 0.146. The van der Waals surface area contributed by atoms with E-state index in [2.05, 4.69) is 31.3 Å². The van der Waals surface area contributed by atoms with Crippen LogP contribution in [0.15, 0.2) is 36.5 Å². The molecule has 328 valence electrons. The van der Waals surface area contributed by atoms with Gasteiger partial charge in [0.15, 0.2) is 5.78 Å². The van der Waals surface area contributed by atoms with Gasteiger partial charge in [-0.1, -0.05) is 77.5 Å². The summed E-state index contributed by atoms with van der Waals surface area (Å²) < 4.78 is 17.8. The molecule has 12 nitrogen and oxygen atoms in total. The Morgan fingerprint density at radius 1 is 0.914 bits per heavy atom. The zero-order chi connectivity index (χ0) is 43.4. The Morgan fingerprint density at radius 2 is 1.57 bits per heavy atom. The van der Waals surface area contributed by atoms with Crippen molar-refractivity contribution in [3.8, 4) is 0 Å². The second-order valence-corrected chi connectivity index (χ2v) is 18.3. The predicted octanol–water partition coefficient (Wildman–Crippen LogP) is 7.12. The number of Topliss-reactive ketones (excluding diaryl/α,β-unsaturated/α-hetero) is 1. The third kappa shape index (κ3) is 12.7. The standard InChI is InChI=1S/C46H76N4O8/c1-13-32(4)40(48(10)43(54)35(31(2)3)29-38(51)46(9)25-18-19-28-50(46)44(55)58-45(6,7)8)37(56-11)30-39(52)49-27-20-23-36(49)41(57-12)33(5)42(53)47-26-24-34-21-16-14-15-17-22-34/h14-17,21-22,31-37,40-41H,13,18-20,23-30H2,1-12H3,(H,47,53)/t32-,33+,35-,36-,37+,40-,41+,46-/m0/s1. The summed E-state index contributed by atoms with van der Waals surface area (Å²) >= 11 is 0. The SMILES string of the molecule is CC[C@H](C)[C@@H]([C@@H](CC(=O)N1CCC[C@H]1[C@H](OC)[C@@H](C)C(=O)NCCC1C=CC=CC=C1)OC)N(C)C(=O)[C@@H](CC(=O)[C@]1(C)CCCCN1C(=O)OC(C)(C)C)C(C)C. The zero-order valence-corrected chi connectivity index (χ0v) is 37.8. The van der Waals surface area contributed by atoms with E-state index in [0.717, 1.165) is 32.1 Å². The minimum Gasteiger partial charge on any atom is -0.444 e. The maximum Gasteiger partial charge on any atom is 0.411 e. The number of piperidine rings is 1. The van der Waals surface area contributed by atoms with Crippen molar-refractivity contribution in [3.63, 3.8) is 0 Å². The molecule has 4 amide bonds. The van der Waals surface area contributed by atoms with E-state index in [-0.39, 0.29) is 60.1 Å². The molecular formula is C46H76N4O8. The Balaban J connectivity index is 1.75. The lowest BCUT2D eigenvalue weighted by Gasteiger charge is -2.45. The minimum absolute atomic E-state index is 0.0216. The molecule has 0 unspecified atom stereocenters. The highest BCUT2D eigenvalue weighted by atomic mass is 16.6. The normalized spacial score (nSPS) is 23.2. The van der Waals surface area contributed by atoms with E-state index in [1.165, 1.54) is 0 Å². The van der Waals surface area contributed by atoms with Gasteiger partial charge in [0.1, 0.15) is 11.1 Å². The third-order valence-corrected chi connectivity index (χ3v) is 12.7. The molecule has 2 saturated heterocycles. The Hall–Kier alpha value is -3.51. The van der Waals surface area contributed by atoms with Gasteiger partial charge in [-0.25, -0.2) is 4.79 Å².